The molecule has 2 nitrogen and oxygen atoms in total. The van der Waals surface area contributed by atoms with Crippen LogP contribution in [-0.4, -0.2) is 11.1 Å². The summed E-state index contributed by atoms with van der Waals surface area (Å²) >= 11 is 0. The monoisotopic (exact) mass is 437 g/mol. The quantitative estimate of drug-likeness (QED) is 0.287. The molecule has 0 amide bonds. The zero-order chi connectivity index (χ0) is 14.9. The van der Waals surface area contributed by atoms with Gasteiger partial charge in [-0.25, -0.2) is 0 Å². The number of carboxylic acids is 1. The van der Waals surface area contributed by atoms with Crippen LogP contribution in [0.5, 0.6) is 0 Å². The number of hydrogen-bond donors (Lipinski definition) is 1. The predicted octanol–water partition coefficient (Wildman–Crippen LogP) is 6.33. The van der Waals surface area contributed by atoms with Crippen molar-refractivity contribution in [1.82, 2.24) is 0 Å². The smallest absolute Gasteiger partial charge is 0.303 e. The Morgan fingerprint density at radius 3 is 1.19 bits per heavy atom. The fraction of sp³-hybridized carbons (Fsp3) is 0.944. The van der Waals surface area contributed by atoms with Crippen molar-refractivity contribution in [1.29, 1.82) is 0 Å². The molecule has 0 atom stereocenters. The van der Waals surface area contributed by atoms with Crippen LogP contribution in [0.3, 0.4) is 0 Å². The van der Waals surface area contributed by atoms with Crippen molar-refractivity contribution in [2.75, 3.05) is 0 Å². The molecular weight excluding hydrogens is 400 g/mol. The number of rotatable bonds is 16. The zero-order valence-corrected chi connectivity index (χ0v) is 16.5. The molecule has 21 heavy (non-hydrogen) atoms. The van der Waals surface area contributed by atoms with Gasteiger partial charge in [0, 0.05) is 55.8 Å². The Labute approximate surface area is 173 Å². The van der Waals surface area contributed by atoms with E-state index in [0.29, 0.717) is 6.42 Å². The first-order valence-electron chi connectivity index (χ1n) is 8.99. The second kappa shape index (κ2) is 21.1. The molecule has 0 spiro atoms. The summed E-state index contributed by atoms with van der Waals surface area (Å²) in [6.45, 7) is 2.27. The summed E-state index contributed by atoms with van der Waals surface area (Å²) < 4.78 is 0. The molecule has 0 bridgehead atoms. The van der Waals surface area contributed by atoms with Gasteiger partial charge in [-0.05, 0) is 6.42 Å². The Hall–Kier alpha value is 1.05. The normalized spacial score (nSPS) is 10.3. The van der Waals surface area contributed by atoms with Crippen molar-refractivity contribution in [2.45, 2.75) is 110 Å². The van der Waals surface area contributed by atoms with Gasteiger partial charge in [-0.2, -0.15) is 0 Å². The zero-order valence-electron chi connectivity index (χ0n) is 14.0. The van der Waals surface area contributed by atoms with Gasteiger partial charge in [0.05, 0.1) is 0 Å². The minimum absolute atomic E-state index is 0. The summed E-state index contributed by atoms with van der Waals surface area (Å²) in [5, 5.41) is 8.52. The summed E-state index contributed by atoms with van der Waals surface area (Å²) in [6, 6.07) is 0. The maximum absolute atomic E-state index is 10.3. The maximum atomic E-state index is 10.3. The van der Waals surface area contributed by atoms with E-state index in [0.717, 1.165) is 12.8 Å². The van der Waals surface area contributed by atoms with Crippen LogP contribution in [0.2, 0.25) is 0 Å². The van der Waals surface area contributed by atoms with Crippen LogP contribution >= 0.6 is 0 Å². The topological polar surface area (TPSA) is 37.3 Å². The van der Waals surface area contributed by atoms with Gasteiger partial charge in [0.25, 0.3) is 0 Å². The number of unbranched alkanes of at least 4 members (excludes halogenated alkanes) is 14. The Balaban J connectivity index is 0. The van der Waals surface area contributed by atoms with E-state index in [1.165, 1.54) is 83.5 Å². The Bertz CT molecular complexity index is 207. The van der Waals surface area contributed by atoms with Crippen molar-refractivity contribution in [3.63, 3.8) is 0 Å². The summed E-state index contributed by atoms with van der Waals surface area (Å²) in [5.41, 5.74) is 0. The van der Waals surface area contributed by atoms with Gasteiger partial charge in [0.15, 0.2) is 0 Å². The van der Waals surface area contributed by atoms with Crippen molar-refractivity contribution in [3.05, 3.63) is 0 Å². The Morgan fingerprint density at radius 1 is 0.619 bits per heavy atom. The standard InChI is InChI=1S/C18H36O2.Eu/c1-2-3-4-5-6-7-8-9-10-11-12-13-14-15-16-17-18(19)20;/h2-17H2,1H3,(H,19,20);. The molecule has 0 fully saturated rings. The molecule has 0 aliphatic rings. The largest absolute Gasteiger partial charge is 0.481 e. The molecule has 0 rings (SSSR count). The molecule has 0 saturated heterocycles. The first kappa shape index (κ1) is 24.3. The van der Waals surface area contributed by atoms with Crippen molar-refractivity contribution < 1.29 is 59.3 Å². The molecule has 0 saturated carbocycles. The fourth-order valence-electron chi connectivity index (χ4n) is 2.65. The first-order valence-corrected chi connectivity index (χ1v) is 8.99. The van der Waals surface area contributed by atoms with Gasteiger partial charge in [-0.3, -0.25) is 4.79 Å². The number of carboxylic acid groups (broad SMARTS) is 1. The summed E-state index contributed by atoms with van der Waals surface area (Å²) in [5.74, 6) is -0.653. The van der Waals surface area contributed by atoms with Crippen LogP contribution in [0.15, 0.2) is 0 Å². The fourth-order valence-corrected chi connectivity index (χ4v) is 2.65. The van der Waals surface area contributed by atoms with Gasteiger partial charge in [-0.1, -0.05) is 96.8 Å². The van der Waals surface area contributed by atoms with E-state index in [4.69, 9.17) is 5.11 Å². The minimum Gasteiger partial charge on any atom is -0.481 e. The van der Waals surface area contributed by atoms with E-state index >= 15 is 0 Å². The van der Waals surface area contributed by atoms with E-state index in [9.17, 15) is 4.79 Å². The van der Waals surface area contributed by atoms with Crippen molar-refractivity contribution in [2.24, 2.45) is 0 Å². The molecule has 127 valence electrons. The second-order valence-corrected chi connectivity index (χ2v) is 6.09. The second-order valence-electron chi connectivity index (χ2n) is 6.09. The predicted molar refractivity (Wildman–Crippen MR) is 87.2 cm³/mol. The van der Waals surface area contributed by atoms with Crippen LogP contribution in [0, 0.1) is 49.4 Å². The molecule has 0 unspecified atom stereocenters. The van der Waals surface area contributed by atoms with Crippen LogP contribution in [0.25, 0.3) is 0 Å². The van der Waals surface area contributed by atoms with Crippen LogP contribution < -0.4 is 0 Å². The van der Waals surface area contributed by atoms with Crippen LogP contribution in [0.4, 0.5) is 0 Å². The average Bonchev–Trinajstić information content (AvgIpc) is 2.43. The van der Waals surface area contributed by atoms with E-state index < -0.39 is 5.97 Å². The first-order chi connectivity index (χ1) is 9.77. The molecule has 0 aromatic heterocycles. The molecule has 0 aromatic rings. The van der Waals surface area contributed by atoms with Gasteiger partial charge >= 0.3 is 5.97 Å². The van der Waals surface area contributed by atoms with Gasteiger partial charge < -0.3 is 5.11 Å². The molecule has 0 aliphatic heterocycles. The molecule has 1 radical (unpaired) electrons. The molecule has 0 heterocycles. The number of carbonyl (C=O) groups is 1. The van der Waals surface area contributed by atoms with Crippen molar-refractivity contribution in [3.8, 4) is 0 Å². The van der Waals surface area contributed by atoms with E-state index in [-0.39, 0.29) is 49.4 Å². The third-order valence-corrected chi connectivity index (χ3v) is 3.99. The van der Waals surface area contributed by atoms with Gasteiger partial charge in [-0.15, -0.1) is 0 Å². The van der Waals surface area contributed by atoms with E-state index in [1.807, 2.05) is 0 Å². The summed E-state index contributed by atoms with van der Waals surface area (Å²) in [7, 11) is 0. The third kappa shape index (κ3) is 23.5. The van der Waals surface area contributed by atoms with Gasteiger partial charge in [0.2, 0.25) is 0 Å². The van der Waals surface area contributed by atoms with Crippen LogP contribution in [-0.2, 0) is 4.79 Å². The molecule has 0 aliphatic carbocycles. The SMILES string of the molecule is CCCCCCCCCCCCCCCCCC(=O)O.[Eu]. The molecule has 0 aromatic carbocycles. The van der Waals surface area contributed by atoms with Crippen LogP contribution in [0.1, 0.15) is 110 Å². The molecule has 3 heteroatoms. The summed E-state index contributed by atoms with van der Waals surface area (Å²) in [4.78, 5) is 10.3. The average molecular weight is 436 g/mol. The molecule has 1 N–H and O–H groups in total. The minimum atomic E-state index is -0.653. The van der Waals surface area contributed by atoms with Crippen molar-refractivity contribution >= 4 is 5.97 Å². The Kier molecular flexibility index (Phi) is 24.4. The van der Waals surface area contributed by atoms with E-state index in [1.54, 1.807) is 0 Å². The third-order valence-electron chi connectivity index (χ3n) is 3.99. The summed E-state index contributed by atoms with van der Waals surface area (Å²) in [6.07, 6.45) is 20.2. The number of hydrogen-bond acceptors (Lipinski definition) is 1. The molecular formula is C18H36EuO2. The van der Waals surface area contributed by atoms with Gasteiger partial charge in [0.1, 0.15) is 0 Å². The van der Waals surface area contributed by atoms with E-state index in [2.05, 4.69) is 6.92 Å². The maximum Gasteiger partial charge on any atom is 0.303 e. The number of aliphatic carboxylic acids is 1. The Morgan fingerprint density at radius 2 is 0.905 bits per heavy atom.